The average Bonchev–Trinajstić information content (AvgIpc) is 2.88. The van der Waals surface area contributed by atoms with Gasteiger partial charge in [0.2, 0.25) is 5.91 Å². The van der Waals surface area contributed by atoms with E-state index in [2.05, 4.69) is 8.83 Å². The lowest BCUT2D eigenvalue weighted by Gasteiger charge is -2.36. The Kier molecular flexibility index (Phi) is 3.00. The number of nitrogens with zero attached hydrogens (tertiary/aromatic N) is 1. The Labute approximate surface area is 124 Å². The number of rotatable bonds is 3. The molecule has 9 nitrogen and oxygen atoms in total. The molecule has 0 radical (unpaired) electrons. The van der Waals surface area contributed by atoms with Gasteiger partial charge < -0.3 is 18.5 Å². The van der Waals surface area contributed by atoms with Crippen LogP contribution in [0.15, 0.2) is 19.9 Å². The Morgan fingerprint density at radius 2 is 2.14 bits per heavy atom. The minimum atomic E-state index is -3.66. The summed E-state index contributed by atoms with van der Waals surface area (Å²) in [6, 6.07) is -1.22. The molecule has 0 bridgehead atoms. The van der Waals surface area contributed by atoms with Crippen molar-refractivity contribution in [3.63, 3.8) is 0 Å². The highest BCUT2D eigenvalue weighted by Crippen LogP contribution is 2.46. The number of esters is 1. The molecule has 120 valence electrons. The maximum Gasteiger partial charge on any atom is 0.518 e. The highest BCUT2D eigenvalue weighted by atomic mass is 32.2. The fourth-order valence-electron chi connectivity index (χ4n) is 2.76. The molecule has 0 N–H and O–H groups in total. The largest absolute Gasteiger partial charge is 0.518 e. The third kappa shape index (κ3) is 1.83. The molecule has 0 aromatic carbocycles. The van der Waals surface area contributed by atoms with Gasteiger partial charge in [-0.1, -0.05) is 0 Å². The standard InChI is InChI=1S/C12H13NO8S/c1-12(2)9(13-7(14)3-8(13)22(12,17)18)10(15)19-4-6-5-20-11(16)21-6/h5,8-9H,3-4H2,1-2H3/t8-,9+/m1/s1. The van der Waals surface area contributed by atoms with E-state index < -0.39 is 43.7 Å². The van der Waals surface area contributed by atoms with Crippen LogP contribution in [0, 0.1) is 0 Å². The van der Waals surface area contributed by atoms with Crippen molar-refractivity contribution in [2.75, 3.05) is 0 Å². The quantitative estimate of drug-likeness (QED) is 0.532. The van der Waals surface area contributed by atoms with E-state index in [-0.39, 0.29) is 18.8 Å². The van der Waals surface area contributed by atoms with Gasteiger partial charge in [-0.05, 0) is 13.8 Å². The SMILES string of the molecule is CC1(C)[C@H](C(=O)OCc2coc(=O)o2)N2C(=O)C[C@H]2S1(=O)=O. The maximum atomic E-state index is 12.3. The van der Waals surface area contributed by atoms with Crippen molar-refractivity contribution in [3.8, 4) is 0 Å². The molecule has 3 rings (SSSR count). The molecule has 2 saturated heterocycles. The van der Waals surface area contributed by atoms with Gasteiger partial charge in [-0.15, -0.1) is 0 Å². The number of amides is 1. The predicted molar refractivity (Wildman–Crippen MR) is 69.1 cm³/mol. The maximum absolute atomic E-state index is 12.3. The van der Waals surface area contributed by atoms with Gasteiger partial charge in [-0.2, -0.15) is 0 Å². The summed E-state index contributed by atoms with van der Waals surface area (Å²) in [5, 5.41) is -0.973. The first-order chi connectivity index (χ1) is 10.2. The van der Waals surface area contributed by atoms with Crippen LogP contribution in [0.3, 0.4) is 0 Å². The van der Waals surface area contributed by atoms with Crippen LogP contribution in [0.5, 0.6) is 0 Å². The predicted octanol–water partition coefficient (Wildman–Crippen LogP) is -0.590. The van der Waals surface area contributed by atoms with Crippen molar-refractivity contribution < 1.29 is 31.6 Å². The Bertz CT molecular complexity index is 801. The van der Waals surface area contributed by atoms with E-state index in [4.69, 9.17) is 4.74 Å². The number of β-lactam (4-membered cyclic amide) rings is 1. The molecule has 1 aromatic heterocycles. The van der Waals surface area contributed by atoms with Crippen molar-refractivity contribution >= 4 is 21.7 Å². The first kappa shape index (κ1) is 14.8. The molecule has 0 saturated carbocycles. The number of sulfone groups is 1. The second-order valence-corrected chi connectivity index (χ2v) is 8.36. The number of ether oxygens (including phenoxy) is 1. The second-order valence-electron chi connectivity index (χ2n) is 5.67. The summed E-state index contributed by atoms with van der Waals surface area (Å²) in [5.41, 5.74) is 0. The third-order valence-corrected chi connectivity index (χ3v) is 6.86. The van der Waals surface area contributed by atoms with Crippen LogP contribution in [0.25, 0.3) is 0 Å². The van der Waals surface area contributed by atoms with Crippen LogP contribution in [-0.2, 0) is 30.8 Å². The van der Waals surface area contributed by atoms with Crippen molar-refractivity contribution in [2.24, 2.45) is 0 Å². The molecule has 2 aliphatic rings. The number of hydrogen-bond donors (Lipinski definition) is 0. The van der Waals surface area contributed by atoms with Crippen molar-refractivity contribution in [3.05, 3.63) is 22.6 Å². The van der Waals surface area contributed by atoms with Gasteiger partial charge in [-0.3, -0.25) is 4.79 Å². The Morgan fingerprint density at radius 1 is 1.45 bits per heavy atom. The summed E-state index contributed by atoms with van der Waals surface area (Å²) >= 11 is 0. The van der Waals surface area contributed by atoms with Crippen molar-refractivity contribution in [1.82, 2.24) is 4.90 Å². The van der Waals surface area contributed by atoms with Gasteiger partial charge >= 0.3 is 11.8 Å². The zero-order valence-corrected chi connectivity index (χ0v) is 12.6. The lowest BCUT2D eigenvalue weighted by molar-refractivity contribution is -0.162. The lowest BCUT2D eigenvalue weighted by atomic mass is 9.98. The molecule has 2 aliphatic heterocycles. The Balaban J connectivity index is 1.82. The molecule has 2 atom stereocenters. The van der Waals surface area contributed by atoms with Gasteiger partial charge in [0.1, 0.15) is 17.7 Å². The van der Waals surface area contributed by atoms with Crippen LogP contribution in [0.2, 0.25) is 0 Å². The summed E-state index contributed by atoms with van der Waals surface area (Å²) in [6.45, 7) is 2.39. The summed E-state index contributed by atoms with van der Waals surface area (Å²) in [4.78, 5) is 35.7. The van der Waals surface area contributed by atoms with Gasteiger partial charge in [0, 0.05) is 0 Å². The van der Waals surface area contributed by atoms with E-state index in [1.807, 2.05) is 0 Å². The fraction of sp³-hybridized carbons (Fsp3) is 0.583. The molecule has 0 aliphatic carbocycles. The normalized spacial score (nSPS) is 28.1. The summed E-state index contributed by atoms with van der Waals surface area (Å²) in [6.07, 6.45) is 0.871. The highest BCUT2D eigenvalue weighted by molar-refractivity contribution is 7.93. The molecule has 3 heterocycles. The van der Waals surface area contributed by atoms with Crippen LogP contribution in [0.4, 0.5) is 0 Å². The van der Waals surface area contributed by atoms with E-state index in [0.717, 1.165) is 11.2 Å². The van der Waals surface area contributed by atoms with Crippen LogP contribution < -0.4 is 5.82 Å². The monoisotopic (exact) mass is 331 g/mol. The second kappa shape index (κ2) is 4.45. The van der Waals surface area contributed by atoms with Gasteiger partial charge in [0.15, 0.2) is 22.2 Å². The topological polar surface area (TPSA) is 124 Å². The van der Waals surface area contributed by atoms with E-state index >= 15 is 0 Å². The first-order valence-corrected chi connectivity index (χ1v) is 7.99. The summed E-state index contributed by atoms with van der Waals surface area (Å²) in [5.74, 6) is -2.22. The van der Waals surface area contributed by atoms with E-state index in [0.29, 0.717) is 0 Å². The number of hydrogen-bond acceptors (Lipinski definition) is 8. The summed E-state index contributed by atoms with van der Waals surface area (Å²) in [7, 11) is -3.66. The number of fused-ring (bicyclic) bond motifs is 1. The molecule has 2 fully saturated rings. The molecule has 1 aromatic rings. The van der Waals surface area contributed by atoms with Gasteiger partial charge in [0.05, 0.1) is 11.2 Å². The summed E-state index contributed by atoms with van der Waals surface area (Å²) < 4.78 is 37.2. The number of carbonyl (C=O) groups excluding carboxylic acids is 2. The van der Waals surface area contributed by atoms with Crippen LogP contribution in [-0.4, -0.2) is 41.4 Å². The molecular formula is C12H13NO8S. The van der Waals surface area contributed by atoms with Crippen LogP contribution >= 0.6 is 0 Å². The Hall–Kier alpha value is -2.10. The van der Waals surface area contributed by atoms with Crippen molar-refractivity contribution in [2.45, 2.75) is 43.0 Å². The lowest BCUT2D eigenvalue weighted by Crippen LogP contribution is -2.57. The molecule has 0 unspecified atom stereocenters. The fourth-order valence-corrected chi connectivity index (χ4v) is 4.89. The number of carbonyl (C=O) groups is 2. The smallest absolute Gasteiger partial charge is 0.456 e. The zero-order chi connectivity index (χ0) is 16.3. The van der Waals surface area contributed by atoms with Crippen molar-refractivity contribution in [1.29, 1.82) is 0 Å². The minimum Gasteiger partial charge on any atom is -0.456 e. The molecule has 1 amide bonds. The van der Waals surface area contributed by atoms with E-state index in [1.54, 1.807) is 0 Å². The molecule has 10 heteroatoms. The third-order valence-electron chi connectivity index (χ3n) is 4.06. The molecule has 22 heavy (non-hydrogen) atoms. The first-order valence-electron chi connectivity index (χ1n) is 6.45. The highest BCUT2D eigenvalue weighted by Gasteiger charge is 2.68. The van der Waals surface area contributed by atoms with Gasteiger partial charge in [0.25, 0.3) is 0 Å². The van der Waals surface area contributed by atoms with E-state index in [9.17, 15) is 22.8 Å². The molecule has 0 spiro atoms. The molecular weight excluding hydrogens is 318 g/mol. The van der Waals surface area contributed by atoms with Crippen LogP contribution in [0.1, 0.15) is 26.0 Å². The average molecular weight is 331 g/mol. The minimum absolute atomic E-state index is 0.0107. The zero-order valence-electron chi connectivity index (χ0n) is 11.8. The van der Waals surface area contributed by atoms with E-state index in [1.165, 1.54) is 13.8 Å². The van der Waals surface area contributed by atoms with Gasteiger partial charge in [-0.25, -0.2) is 18.0 Å². The Morgan fingerprint density at radius 3 is 2.68 bits per heavy atom.